The van der Waals surface area contributed by atoms with Crippen molar-refractivity contribution in [2.75, 3.05) is 0 Å². The van der Waals surface area contributed by atoms with Crippen LogP contribution in [0, 0.1) is 46.3 Å². The summed E-state index contributed by atoms with van der Waals surface area (Å²) in [5.74, 6) is -14.1. The number of hydrogen-bond donors (Lipinski definition) is 0. The van der Waals surface area contributed by atoms with Crippen molar-refractivity contribution >= 4 is 5.78 Å². The van der Waals surface area contributed by atoms with Gasteiger partial charge in [-0.1, -0.05) is 6.92 Å². The molecule has 0 aliphatic rings. The minimum absolute atomic E-state index is 0.102. The van der Waals surface area contributed by atoms with Gasteiger partial charge in [-0.05, 0) is 6.42 Å². The second kappa shape index (κ2) is 5.12. The monoisotopic (exact) mass is 263 g/mol. The quantitative estimate of drug-likeness (QED) is 0.364. The van der Waals surface area contributed by atoms with Crippen LogP contribution in [-0.4, -0.2) is 5.78 Å². The molecule has 0 aromatic heterocycles. The standard InChI is InChI=1S/C11H6F5NO/c1-2-4(3-17)11(18)5-6(12)8(14)10(16)9(15)7(5)13/h4H,2H2,1H3. The zero-order valence-electron chi connectivity index (χ0n) is 9.03. The average Bonchev–Trinajstić information content (AvgIpc) is 2.36. The van der Waals surface area contributed by atoms with E-state index in [9.17, 15) is 26.7 Å². The van der Waals surface area contributed by atoms with Gasteiger partial charge in [-0.2, -0.15) is 5.26 Å². The van der Waals surface area contributed by atoms with Crippen LogP contribution >= 0.6 is 0 Å². The molecule has 1 aromatic carbocycles. The van der Waals surface area contributed by atoms with Crippen LogP contribution in [0.2, 0.25) is 0 Å². The van der Waals surface area contributed by atoms with Gasteiger partial charge < -0.3 is 0 Å². The second-order valence-electron chi connectivity index (χ2n) is 3.40. The third-order valence-electron chi connectivity index (χ3n) is 2.34. The van der Waals surface area contributed by atoms with Gasteiger partial charge in [0.1, 0.15) is 5.92 Å². The molecule has 1 rings (SSSR count). The maximum atomic E-state index is 13.2. The predicted molar refractivity (Wildman–Crippen MR) is 50.0 cm³/mol. The van der Waals surface area contributed by atoms with Crippen molar-refractivity contribution in [2.24, 2.45) is 5.92 Å². The van der Waals surface area contributed by atoms with E-state index in [0.717, 1.165) is 0 Å². The minimum Gasteiger partial charge on any atom is -0.292 e. The first-order valence-electron chi connectivity index (χ1n) is 4.82. The molecule has 0 heterocycles. The van der Waals surface area contributed by atoms with Crippen LogP contribution in [0.15, 0.2) is 0 Å². The van der Waals surface area contributed by atoms with E-state index in [1.807, 2.05) is 0 Å². The number of nitrogens with zero attached hydrogens (tertiary/aromatic N) is 1. The number of benzene rings is 1. The van der Waals surface area contributed by atoms with E-state index in [1.54, 1.807) is 0 Å². The summed E-state index contributed by atoms with van der Waals surface area (Å²) >= 11 is 0. The van der Waals surface area contributed by atoms with Crippen LogP contribution in [0.3, 0.4) is 0 Å². The number of Topliss-reactive ketones (excluding diaryl/α,β-unsaturated/α-hetero) is 1. The molecule has 2 nitrogen and oxygen atoms in total. The van der Waals surface area contributed by atoms with E-state index in [2.05, 4.69) is 0 Å². The molecule has 96 valence electrons. The van der Waals surface area contributed by atoms with Gasteiger partial charge in [-0.15, -0.1) is 0 Å². The first-order chi connectivity index (χ1) is 8.36. The van der Waals surface area contributed by atoms with Gasteiger partial charge in [0.2, 0.25) is 5.82 Å². The maximum absolute atomic E-state index is 13.2. The van der Waals surface area contributed by atoms with E-state index < -0.39 is 46.4 Å². The van der Waals surface area contributed by atoms with Gasteiger partial charge in [0, 0.05) is 0 Å². The Bertz CT molecular complexity index is 520. The molecule has 0 spiro atoms. The highest BCUT2D eigenvalue weighted by Gasteiger charge is 2.32. The molecular weight excluding hydrogens is 257 g/mol. The van der Waals surface area contributed by atoms with Crippen molar-refractivity contribution in [1.29, 1.82) is 5.26 Å². The number of hydrogen-bond acceptors (Lipinski definition) is 2. The molecule has 0 N–H and O–H groups in total. The summed E-state index contributed by atoms with van der Waals surface area (Å²) in [6.07, 6.45) is -0.102. The summed E-state index contributed by atoms with van der Waals surface area (Å²) in [5, 5.41) is 8.56. The highest BCUT2D eigenvalue weighted by atomic mass is 19.2. The summed E-state index contributed by atoms with van der Waals surface area (Å²) in [5.41, 5.74) is -1.57. The van der Waals surface area contributed by atoms with Crippen LogP contribution in [0.4, 0.5) is 22.0 Å². The maximum Gasteiger partial charge on any atom is 0.200 e. The molecular formula is C11H6F5NO. The molecule has 0 aliphatic heterocycles. The largest absolute Gasteiger partial charge is 0.292 e. The van der Waals surface area contributed by atoms with E-state index in [1.165, 1.54) is 13.0 Å². The third kappa shape index (κ3) is 2.06. The third-order valence-corrected chi connectivity index (χ3v) is 2.34. The molecule has 0 fully saturated rings. The Morgan fingerprint density at radius 2 is 1.44 bits per heavy atom. The van der Waals surface area contributed by atoms with Crippen LogP contribution in [0.5, 0.6) is 0 Å². The molecule has 1 unspecified atom stereocenters. The molecule has 0 aliphatic carbocycles. The first kappa shape index (κ1) is 14.1. The summed E-state index contributed by atoms with van der Waals surface area (Å²) < 4.78 is 64.9. The summed E-state index contributed by atoms with van der Waals surface area (Å²) in [7, 11) is 0. The van der Waals surface area contributed by atoms with E-state index in [4.69, 9.17) is 5.26 Å². The highest BCUT2D eigenvalue weighted by Crippen LogP contribution is 2.25. The number of ketones is 1. The van der Waals surface area contributed by atoms with Crippen LogP contribution < -0.4 is 0 Å². The topological polar surface area (TPSA) is 40.9 Å². The van der Waals surface area contributed by atoms with Crippen molar-refractivity contribution < 1.29 is 26.7 Å². The van der Waals surface area contributed by atoms with Crippen molar-refractivity contribution in [3.05, 3.63) is 34.6 Å². The Labute approximate surface area is 98.6 Å². The second-order valence-corrected chi connectivity index (χ2v) is 3.40. The fourth-order valence-corrected chi connectivity index (χ4v) is 1.33. The van der Waals surface area contributed by atoms with E-state index >= 15 is 0 Å². The SMILES string of the molecule is CCC(C#N)C(=O)c1c(F)c(F)c(F)c(F)c1F. The Balaban J connectivity index is 3.52. The van der Waals surface area contributed by atoms with Crippen molar-refractivity contribution in [3.63, 3.8) is 0 Å². The molecule has 1 aromatic rings. The smallest absolute Gasteiger partial charge is 0.200 e. The van der Waals surface area contributed by atoms with Crippen molar-refractivity contribution in [3.8, 4) is 6.07 Å². The Morgan fingerprint density at radius 1 is 1.06 bits per heavy atom. The van der Waals surface area contributed by atoms with Crippen LogP contribution in [0.25, 0.3) is 0 Å². The zero-order valence-corrected chi connectivity index (χ0v) is 9.03. The molecule has 0 saturated carbocycles. The number of rotatable bonds is 3. The van der Waals surface area contributed by atoms with Gasteiger partial charge in [0.05, 0.1) is 11.6 Å². The Hall–Kier alpha value is -1.97. The highest BCUT2D eigenvalue weighted by molar-refractivity contribution is 5.99. The lowest BCUT2D eigenvalue weighted by Gasteiger charge is -2.09. The molecule has 1 atom stereocenters. The number of carbonyl (C=O) groups is 1. The van der Waals surface area contributed by atoms with Crippen LogP contribution in [-0.2, 0) is 0 Å². The van der Waals surface area contributed by atoms with Gasteiger partial charge in [-0.25, -0.2) is 22.0 Å². The van der Waals surface area contributed by atoms with Crippen molar-refractivity contribution in [2.45, 2.75) is 13.3 Å². The number of nitriles is 1. The summed E-state index contributed by atoms with van der Waals surface area (Å²) in [6.45, 7) is 1.37. The van der Waals surface area contributed by atoms with E-state index in [-0.39, 0.29) is 6.42 Å². The molecule has 7 heteroatoms. The first-order valence-corrected chi connectivity index (χ1v) is 4.82. The molecule has 0 radical (unpaired) electrons. The van der Waals surface area contributed by atoms with Gasteiger partial charge >= 0.3 is 0 Å². The summed E-state index contributed by atoms with van der Waals surface area (Å²) in [4.78, 5) is 11.5. The van der Waals surface area contributed by atoms with Crippen LogP contribution in [0.1, 0.15) is 23.7 Å². The Morgan fingerprint density at radius 3 is 1.78 bits per heavy atom. The molecule has 0 bridgehead atoms. The van der Waals surface area contributed by atoms with Gasteiger partial charge in [-0.3, -0.25) is 4.79 Å². The summed E-state index contributed by atoms with van der Waals surface area (Å²) in [6, 6.07) is 1.44. The lowest BCUT2D eigenvalue weighted by Crippen LogP contribution is -2.19. The minimum atomic E-state index is -2.34. The fourth-order valence-electron chi connectivity index (χ4n) is 1.33. The molecule has 0 amide bonds. The van der Waals surface area contributed by atoms with Crippen molar-refractivity contribution in [1.82, 2.24) is 0 Å². The molecule has 18 heavy (non-hydrogen) atoms. The Kier molecular flexibility index (Phi) is 4.01. The van der Waals surface area contributed by atoms with Gasteiger partial charge in [0.15, 0.2) is 29.1 Å². The molecule has 0 saturated heterocycles. The fraction of sp³-hybridized carbons (Fsp3) is 0.273. The zero-order chi connectivity index (χ0) is 14.0. The normalized spacial score (nSPS) is 12.1. The predicted octanol–water partition coefficient (Wildman–Crippen LogP) is 3.11. The average molecular weight is 263 g/mol. The lowest BCUT2D eigenvalue weighted by molar-refractivity contribution is 0.0935. The number of carbonyl (C=O) groups excluding carboxylic acids is 1. The van der Waals surface area contributed by atoms with Gasteiger partial charge in [0.25, 0.3) is 0 Å². The van der Waals surface area contributed by atoms with E-state index in [0.29, 0.717) is 0 Å². The lowest BCUT2D eigenvalue weighted by atomic mass is 9.95. The number of halogens is 5.